The second-order valence-corrected chi connectivity index (χ2v) is 6.99. The third-order valence-corrected chi connectivity index (χ3v) is 3.98. The Labute approximate surface area is 176 Å². The highest BCUT2D eigenvalue weighted by Gasteiger charge is 2.18. The van der Waals surface area contributed by atoms with Crippen LogP contribution in [-0.4, -0.2) is 51.3 Å². The maximum Gasteiger partial charge on any atom is 0.225 e. The first kappa shape index (κ1) is 22.4. The molecule has 2 heterocycles. The minimum Gasteiger partial charge on any atom is -0.389 e. The van der Waals surface area contributed by atoms with E-state index in [0.29, 0.717) is 47.7 Å². The van der Waals surface area contributed by atoms with Gasteiger partial charge in [0.1, 0.15) is 11.0 Å². The molecule has 0 amide bonds. The molecule has 0 aliphatic rings. The number of hydrogen-bond donors (Lipinski definition) is 5. The summed E-state index contributed by atoms with van der Waals surface area (Å²) in [6.45, 7) is 4.36. The van der Waals surface area contributed by atoms with E-state index in [1.165, 1.54) is 0 Å². The highest BCUT2D eigenvalue weighted by Crippen LogP contribution is 2.27. The molecule has 0 aliphatic heterocycles. The first-order chi connectivity index (χ1) is 13.4. The number of anilines is 4. The summed E-state index contributed by atoms with van der Waals surface area (Å²) in [7, 11) is 3.51. The third kappa shape index (κ3) is 5.78. The van der Waals surface area contributed by atoms with Gasteiger partial charge in [0.2, 0.25) is 11.9 Å². The summed E-state index contributed by atoms with van der Waals surface area (Å²) >= 11 is 0. The molecule has 3 rings (SSSR count). The Bertz CT molecular complexity index is 946. The number of nitrogens with one attached hydrogen (secondary N) is 4. The molecule has 29 heavy (non-hydrogen) atoms. The smallest absolute Gasteiger partial charge is 0.225 e. The van der Waals surface area contributed by atoms with E-state index in [2.05, 4.69) is 41.2 Å². The molecule has 5 N–H and O–H groups in total. The van der Waals surface area contributed by atoms with E-state index in [4.69, 9.17) is 0 Å². The molecule has 0 saturated carbocycles. The number of rotatable bonds is 8. The predicted octanol–water partition coefficient (Wildman–Crippen LogP) is 2.72. The standard InChI is InChI=1S/C19H26N8O.ClH/c1-19(2,28)11-23-16-14-13(24-18(21-4)27-16)15(26-17(20-3)25-14)22-10-12-8-6-5-7-9-12;/h5-9,28H,10-11H2,1-4H3,(H2,20,22,25,26)(H2,21,23,24,27);1H. The SMILES string of the molecule is CNc1nc(NCC(C)(C)O)c2nc(NC)nc(NCc3ccccc3)c2n1.Cl. The maximum absolute atomic E-state index is 10.1. The Balaban J connectivity index is 0.00000300. The van der Waals surface area contributed by atoms with Crippen molar-refractivity contribution in [2.75, 3.05) is 41.9 Å². The highest BCUT2D eigenvalue weighted by atomic mass is 35.5. The number of nitrogens with zero attached hydrogens (tertiary/aromatic N) is 4. The molecule has 1 aromatic carbocycles. The summed E-state index contributed by atoms with van der Waals surface area (Å²) in [5, 5.41) is 22.5. The number of fused-ring (bicyclic) bond motifs is 1. The largest absolute Gasteiger partial charge is 0.389 e. The summed E-state index contributed by atoms with van der Waals surface area (Å²) in [4.78, 5) is 18.1. The van der Waals surface area contributed by atoms with Crippen LogP contribution in [0.25, 0.3) is 11.0 Å². The number of halogens is 1. The minimum atomic E-state index is -0.898. The van der Waals surface area contributed by atoms with Gasteiger partial charge in [0.25, 0.3) is 0 Å². The van der Waals surface area contributed by atoms with Crippen molar-refractivity contribution in [1.82, 2.24) is 19.9 Å². The first-order valence-electron chi connectivity index (χ1n) is 9.09. The van der Waals surface area contributed by atoms with Gasteiger partial charge in [-0.1, -0.05) is 30.3 Å². The lowest BCUT2D eigenvalue weighted by atomic mass is 10.1. The van der Waals surface area contributed by atoms with Gasteiger partial charge in [-0.3, -0.25) is 0 Å². The van der Waals surface area contributed by atoms with E-state index in [1.54, 1.807) is 27.9 Å². The number of aromatic nitrogens is 4. The summed E-state index contributed by atoms with van der Waals surface area (Å²) in [5.41, 5.74) is 1.39. The number of aliphatic hydroxyl groups is 1. The van der Waals surface area contributed by atoms with Crippen LogP contribution in [0.4, 0.5) is 23.5 Å². The molecule has 0 atom stereocenters. The zero-order valence-electron chi connectivity index (χ0n) is 16.9. The Kier molecular flexibility index (Phi) is 7.35. The van der Waals surface area contributed by atoms with E-state index in [0.717, 1.165) is 5.56 Å². The van der Waals surface area contributed by atoms with Crippen molar-refractivity contribution in [1.29, 1.82) is 0 Å². The fraction of sp³-hybridized carbons (Fsp3) is 0.368. The summed E-state index contributed by atoms with van der Waals surface area (Å²) in [6.07, 6.45) is 0. The Morgan fingerprint density at radius 2 is 1.34 bits per heavy atom. The topological polar surface area (TPSA) is 120 Å². The van der Waals surface area contributed by atoms with Crippen molar-refractivity contribution in [3.05, 3.63) is 35.9 Å². The quantitative estimate of drug-likeness (QED) is 0.376. The first-order valence-corrected chi connectivity index (χ1v) is 9.09. The molecule has 2 aromatic heterocycles. The van der Waals surface area contributed by atoms with E-state index in [-0.39, 0.29) is 12.4 Å². The molecule has 0 radical (unpaired) electrons. The molecule has 10 heteroatoms. The molecule has 0 aliphatic carbocycles. The zero-order valence-corrected chi connectivity index (χ0v) is 17.8. The van der Waals surface area contributed by atoms with Gasteiger partial charge >= 0.3 is 0 Å². The van der Waals surface area contributed by atoms with Crippen molar-refractivity contribution in [2.45, 2.75) is 26.0 Å². The van der Waals surface area contributed by atoms with Crippen molar-refractivity contribution in [2.24, 2.45) is 0 Å². The minimum absolute atomic E-state index is 0. The third-order valence-electron chi connectivity index (χ3n) is 3.98. The van der Waals surface area contributed by atoms with E-state index in [9.17, 15) is 5.11 Å². The van der Waals surface area contributed by atoms with Crippen LogP contribution < -0.4 is 21.3 Å². The second-order valence-electron chi connectivity index (χ2n) is 6.99. The van der Waals surface area contributed by atoms with Gasteiger partial charge in [-0.25, -0.2) is 9.97 Å². The molecule has 0 saturated heterocycles. The Hall–Kier alpha value is -2.91. The van der Waals surface area contributed by atoms with Crippen LogP contribution in [0.15, 0.2) is 30.3 Å². The highest BCUT2D eigenvalue weighted by molar-refractivity contribution is 5.94. The van der Waals surface area contributed by atoms with Gasteiger partial charge in [0.15, 0.2) is 11.6 Å². The lowest BCUT2D eigenvalue weighted by Gasteiger charge is -2.19. The van der Waals surface area contributed by atoms with Gasteiger partial charge in [-0.2, -0.15) is 9.97 Å². The molecular formula is C19H27ClN8O. The van der Waals surface area contributed by atoms with Crippen molar-refractivity contribution < 1.29 is 5.11 Å². The second kappa shape index (κ2) is 9.53. The average Bonchev–Trinajstić information content (AvgIpc) is 2.70. The summed E-state index contributed by atoms with van der Waals surface area (Å²) in [5.74, 6) is 2.02. The van der Waals surface area contributed by atoms with E-state index in [1.807, 2.05) is 30.3 Å². The fourth-order valence-corrected chi connectivity index (χ4v) is 2.57. The van der Waals surface area contributed by atoms with Gasteiger partial charge in [-0.15, -0.1) is 12.4 Å². The molecule has 156 valence electrons. The van der Waals surface area contributed by atoms with Gasteiger partial charge in [0.05, 0.1) is 5.60 Å². The molecular weight excluding hydrogens is 392 g/mol. The van der Waals surface area contributed by atoms with Crippen LogP contribution in [0, 0.1) is 0 Å². The fourth-order valence-electron chi connectivity index (χ4n) is 2.57. The van der Waals surface area contributed by atoms with Crippen molar-refractivity contribution in [3.8, 4) is 0 Å². The average molecular weight is 419 g/mol. The van der Waals surface area contributed by atoms with E-state index < -0.39 is 5.60 Å². The number of hydrogen-bond acceptors (Lipinski definition) is 9. The zero-order chi connectivity index (χ0) is 20.1. The van der Waals surface area contributed by atoms with Crippen LogP contribution in [0.2, 0.25) is 0 Å². The molecule has 0 unspecified atom stereocenters. The lowest BCUT2D eigenvalue weighted by Crippen LogP contribution is -2.29. The molecule has 9 nitrogen and oxygen atoms in total. The molecule has 0 fully saturated rings. The van der Waals surface area contributed by atoms with Crippen LogP contribution in [0.3, 0.4) is 0 Å². The normalized spacial score (nSPS) is 10.9. The van der Waals surface area contributed by atoms with Gasteiger partial charge in [0, 0.05) is 27.2 Å². The van der Waals surface area contributed by atoms with Crippen LogP contribution >= 0.6 is 12.4 Å². The predicted molar refractivity (Wildman–Crippen MR) is 120 cm³/mol. The van der Waals surface area contributed by atoms with Crippen molar-refractivity contribution >= 4 is 47.0 Å². The molecule has 0 spiro atoms. The van der Waals surface area contributed by atoms with Gasteiger partial charge < -0.3 is 26.4 Å². The number of benzene rings is 1. The van der Waals surface area contributed by atoms with Crippen LogP contribution in [0.1, 0.15) is 19.4 Å². The van der Waals surface area contributed by atoms with E-state index >= 15 is 0 Å². The Morgan fingerprint density at radius 1 is 0.828 bits per heavy atom. The lowest BCUT2D eigenvalue weighted by molar-refractivity contribution is 0.0944. The summed E-state index contributed by atoms with van der Waals surface area (Å²) in [6, 6.07) is 10.1. The van der Waals surface area contributed by atoms with Gasteiger partial charge in [-0.05, 0) is 19.4 Å². The summed E-state index contributed by atoms with van der Waals surface area (Å²) < 4.78 is 0. The van der Waals surface area contributed by atoms with Crippen molar-refractivity contribution in [3.63, 3.8) is 0 Å². The maximum atomic E-state index is 10.1. The van der Waals surface area contributed by atoms with Crippen LogP contribution in [-0.2, 0) is 6.54 Å². The monoisotopic (exact) mass is 418 g/mol. The van der Waals surface area contributed by atoms with Crippen LogP contribution in [0.5, 0.6) is 0 Å². The molecule has 3 aromatic rings. The molecule has 0 bridgehead atoms. The Morgan fingerprint density at radius 3 is 1.83 bits per heavy atom.